The molecule has 1 saturated carbocycles. The first kappa shape index (κ1) is 23.2. The zero-order valence-electron chi connectivity index (χ0n) is 19.0. The maximum Gasteiger partial charge on any atom is 0.315 e. The molecule has 7 nitrogen and oxygen atoms in total. The van der Waals surface area contributed by atoms with Gasteiger partial charge in [-0.05, 0) is 68.6 Å². The molecule has 1 saturated heterocycles. The predicted molar refractivity (Wildman–Crippen MR) is 121 cm³/mol. The molecule has 2 fully saturated rings. The molecule has 7 heteroatoms. The summed E-state index contributed by atoms with van der Waals surface area (Å²) < 4.78 is 10.7. The summed E-state index contributed by atoms with van der Waals surface area (Å²) in [6.07, 6.45) is 9.82. The third-order valence-electron chi connectivity index (χ3n) is 6.59. The van der Waals surface area contributed by atoms with Gasteiger partial charge in [-0.25, -0.2) is 4.79 Å². The number of aryl methyl sites for hydroxylation is 1. The Balaban J connectivity index is 1.46. The molecule has 1 unspecified atom stereocenters. The van der Waals surface area contributed by atoms with Gasteiger partial charge in [0, 0.05) is 19.1 Å². The van der Waals surface area contributed by atoms with Crippen molar-refractivity contribution in [2.45, 2.75) is 63.8 Å². The molecule has 1 aliphatic carbocycles. The van der Waals surface area contributed by atoms with Gasteiger partial charge >= 0.3 is 6.03 Å². The highest BCUT2D eigenvalue weighted by Crippen LogP contribution is 2.29. The summed E-state index contributed by atoms with van der Waals surface area (Å²) >= 11 is 0. The Morgan fingerprint density at radius 3 is 2.48 bits per heavy atom. The van der Waals surface area contributed by atoms with Crippen LogP contribution in [0.15, 0.2) is 18.2 Å². The number of ether oxygens (including phenoxy) is 2. The van der Waals surface area contributed by atoms with Crippen molar-refractivity contribution in [2.75, 3.05) is 33.9 Å². The summed E-state index contributed by atoms with van der Waals surface area (Å²) in [5, 5.41) is 5.67. The Bertz CT molecular complexity index is 734. The lowest BCUT2D eigenvalue weighted by molar-refractivity contribution is -0.133. The second-order valence-electron chi connectivity index (χ2n) is 8.68. The van der Waals surface area contributed by atoms with Crippen LogP contribution in [-0.4, -0.2) is 56.7 Å². The van der Waals surface area contributed by atoms with Crippen LogP contribution in [0, 0.1) is 5.92 Å². The highest BCUT2D eigenvalue weighted by atomic mass is 16.5. The molecule has 0 radical (unpaired) electrons. The number of carbonyl (C=O) groups is 2. The number of methoxy groups -OCH3 is 2. The zero-order chi connectivity index (χ0) is 22.1. The van der Waals surface area contributed by atoms with E-state index < -0.39 is 0 Å². The fraction of sp³-hybridized carbons (Fsp3) is 0.667. The molecule has 0 bridgehead atoms. The predicted octanol–water partition coefficient (Wildman–Crippen LogP) is 3.51. The van der Waals surface area contributed by atoms with E-state index in [1.165, 1.54) is 31.2 Å². The number of benzene rings is 1. The highest BCUT2D eigenvalue weighted by Gasteiger charge is 2.26. The van der Waals surface area contributed by atoms with Crippen LogP contribution in [0.5, 0.6) is 11.5 Å². The molecule has 2 N–H and O–H groups in total. The summed E-state index contributed by atoms with van der Waals surface area (Å²) in [6, 6.07) is 5.94. The number of carbonyl (C=O) groups excluding carboxylic acids is 2. The Hall–Kier alpha value is -2.44. The number of nitrogens with zero attached hydrogens (tertiary/aromatic N) is 1. The molecule has 0 aromatic heterocycles. The normalized spacial score (nSPS) is 19.2. The van der Waals surface area contributed by atoms with Crippen molar-refractivity contribution in [2.24, 2.45) is 5.92 Å². The van der Waals surface area contributed by atoms with Crippen molar-refractivity contribution in [1.82, 2.24) is 15.5 Å². The Morgan fingerprint density at radius 1 is 1.00 bits per heavy atom. The van der Waals surface area contributed by atoms with Gasteiger partial charge in [0.05, 0.1) is 20.8 Å². The molecule has 1 heterocycles. The topological polar surface area (TPSA) is 79.9 Å². The summed E-state index contributed by atoms with van der Waals surface area (Å²) in [5.74, 6) is 2.04. The van der Waals surface area contributed by atoms with Crippen molar-refractivity contribution in [3.05, 3.63) is 23.8 Å². The summed E-state index contributed by atoms with van der Waals surface area (Å²) in [5.41, 5.74) is 1.17. The third-order valence-corrected chi connectivity index (χ3v) is 6.59. The van der Waals surface area contributed by atoms with Crippen LogP contribution in [-0.2, 0) is 11.2 Å². The second-order valence-corrected chi connectivity index (χ2v) is 8.68. The molecule has 31 heavy (non-hydrogen) atoms. The summed E-state index contributed by atoms with van der Waals surface area (Å²) in [6.45, 7) is 1.53. The van der Waals surface area contributed by atoms with Gasteiger partial charge in [0.1, 0.15) is 0 Å². The SMILES string of the molecule is COc1ccc(CCC2CCCCN2C(=O)CNC(=O)NCC2CCCC2)cc1OC. The number of rotatable bonds is 9. The minimum atomic E-state index is -0.237. The van der Waals surface area contributed by atoms with Gasteiger partial charge in [0.25, 0.3) is 0 Å². The van der Waals surface area contributed by atoms with E-state index in [1.807, 2.05) is 23.1 Å². The van der Waals surface area contributed by atoms with Crippen molar-refractivity contribution in [1.29, 1.82) is 0 Å². The molecule has 3 rings (SSSR count). The molecular weight excluding hydrogens is 394 g/mol. The molecule has 1 aromatic carbocycles. The second kappa shape index (κ2) is 11.8. The molecule has 2 aliphatic rings. The lowest BCUT2D eigenvalue weighted by Gasteiger charge is -2.36. The fourth-order valence-corrected chi connectivity index (χ4v) is 4.77. The molecule has 0 spiro atoms. The number of piperidine rings is 1. The van der Waals surface area contributed by atoms with Gasteiger partial charge in [-0.1, -0.05) is 18.9 Å². The number of likely N-dealkylation sites (tertiary alicyclic amines) is 1. The Labute approximate surface area is 185 Å². The van der Waals surface area contributed by atoms with Crippen LogP contribution in [0.1, 0.15) is 56.9 Å². The first-order valence-electron chi connectivity index (χ1n) is 11.6. The number of hydrogen-bond acceptors (Lipinski definition) is 4. The lowest BCUT2D eigenvalue weighted by Crippen LogP contribution is -2.49. The van der Waals surface area contributed by atoms with E-state index in [4.69, 9.17) is 9.47 Å². The first-order valence-corrected chi connectivity index (χ1v) is 11.6. The quantitative estimate of drug-likeness (QED) is 0.627. The lowest BCUT2D eigenvalue weighted by atomic mass is 9.95. The maximum absolute atomic E-state index is 12.8. The van der Waals surface area contributed by atoms with Gasteiger partial charge in [0.2, 0.25) is 5.91 Å². The number of nitrogens with one attached hydrogen (secondary N) is 2. The van der Waals surface area contributed by atoms with E-state index in [9.17, 15) is 9.59 Å². The number of amides is 3. The minimum absolute atomic E-state index is 0.00743. The summed E-state index contributed by atoms with van der Waals surface area (Å²) in [4.78, 5) is 26.9. The largest absolute Gasteiger partial charge is 0.493 e. The third kappa shape index (κ3) is 6.77. The van der Waals surface area contributed by atoms with Crippen LogP contribution in [0.25, 0.3) is 0 Å². The van der Waals surface area contributed by atoms with E-state index >= 15 is 0 Å². The van der Waals surface area contributed by atoms with E-state index in [1.54, 1.807) is 14.2 Å². The fourth-order valence-electron chi connectivity index (χ4n) is 4.77. The monoisotopic (exact) mass is 431 g/mol. The van der Waals surface area contributed by atoms with Crippen LogP contribution >= 0.6 is 0 Å². The molecule has 1 atom stereocenters. The molecule has 172 valence electrons. The standard InChI is InChI=1S/C24H37N3O4/c1-30-21-13-11-18(15-22(21)31-2)10-12-20-9-5-6-14-27(20)23(28)17-26-24(29)25-16-19-7-3-4-8-19/h11,13,15,19-20H,3-10,12,14,16-17H2,1-2H3,(H2,25,26,29). The Morgan fingerprint density at radius 2 is 1.74 bits per heavy atom. The van der Waals surface area contributed by atoms with Crippen LogP contribution < -0.4 is 20.1 Å². The van der Waals surface area contributed by atoms with E-state index in [0.717, 1.165) is 50.1 Å². The molecule has 1 aromatic rings. The van der Waals surface area contributed by atoms with Crippen molar-refractivity contribution in [3.63, 3.8) is 0 Å². The molecular formula is C24H37N3O4. The first-order chi connectivity index (χ1) is 15.1. The molecule has 1 aliphatic heterocycles. The van der Waals surface area contributed by atoms with Gasteiger partial charge in [-0.2, -0.15) is 0 Å². The van der Waals surface area contributed by atoms with Crippen molar-refractivity contribution >= 4 is 11.9 Å². The van der Waals surface area contributed by atoms with Gasteiger partial charge in [0.15, 0.2) is 11.5 Å². The smallest absolute Gasteiger partial charge is 0.315 e. The van der Waals surface area contributed by atoms with E-state index in [2.05, 4.69) is 10.6 Å². The van der Waals surface area contributed by atoms with E-state index in [-0.39, 0.29) is 24.5 Å². The summed E-state index contributed by atoms with van der Waals surface area (Å²) in [7, 11) is 3.27. The van der Waals surface area contributed by atoms with Crippen molar-refractivity contribution in [3.8, 4) is 11.5 Å². The van der Waals surface area contributed by atoms with Gasteiger partial charge in [-0.15, -0.1) is 0 Å². The highest BCUT2D eigenvalue weighted by molar-refractivity contribution is 5.84. The van der Waals surface area contributed by atoms with Crippen LogP contribution in [0.3, 0.4) is 0 Å². The van der Waals surface area contributed by atoms with Crippen LogP contribution in [0.4, 0.5) is 4.79 Å². The molecule has 3 amide bonds. The minimum Gasteiger partial charge on any atom is -0.493 e. The van der Waals surface area contributed by atoms with Gasteiger partial charge in [-0.3, -0.25) is 4.79 Å². The number of urea groups is 1. The van der Waals surface area contributed by atoms with Crippen LogP contribution in [0.2, 0.25) is 0 Å². The Kier molecular flexibility index (Phi) is 8.85. The maximum atomic E-state index is 12.8. The number of hydrogen-bond donors (Lipinski definition) is 2. The average Bonchev–Trinajstić information content (AvgIpc) is 3.33. The average molecular weight is 432 g/mol. The van der Waals surface area contributed by atoms with Crippen molar-refractivity contribution < 1.29 is 19.1 Å². The van der Waals surface area contributed by atoms with Gasteiger partial charge < -0.3 is 25.0 Å². The van der Waals surface area contributed by atoms with E-state index in [0.29, 0.717) is 12.5 Å². The zero-order valence-corrected chi connectivity index (χ0v) is 19.0.